The van der Waals surface area contributed by atoms with Gasteiger partial charge in [-0.25, -0.2) is 4.57 Å². The number of ether oxygens (including phenoxy) is 2. The molecule has 0 rings (SSSR count). The number of nitrogens with two attached hydrogens (primary N) is 1. The van der Waals surface area contributed by atoms with Gasteiger partial charge in [0.05, 0.1) is 13.2 Å². The molecule has 0 aromatic carbocycles. The molecule has 0 aromatic heterocycles. The molecular weight excluding hydrogens is 966 g/mol. The van der Waals surface area contributed by atoms with Gasteiger partial charge in [-0.05, 0) is 57.8 Å². The number of rotatable bonds is 61. The Morgan fingerprint density at radius 2 is 0.724 bits per heavy atom. The van der Waals surface area contributed by atoms with E-state index in [4.69, 9.17) is 24.3 Å². The average Bonchev–Trinajstić information content (AvgIpc) is 3.41. The van der Waals surface area contributed by atoms with Crippen LogP contribution in [0.5, 0.6) is 0 Å². The molecule has 0 aliphatic heterocycles. The van der Waals surface area contributed by atoms with Crippen molar-refractivity contribution in [2.45, 2.75) is 322 Å². The van der Waals surface area contributed by atoms with Gasteiger partial charge in [0.1, 0.15) is 6.61 Å². The molecule has 0 saturated heterocycles. The van der Waals surface area contributed by atoms with E-state index in [0.29, 0.717) is 6.42 Å². The van der Waals surface area contributed by atoms with Gasteiger partial charge >= 0.3 is 19.8 Å². The first-order valence-electron chi connectivity index (χ1n) is 32.3. The molecule has 0 aliphatic rings. The monoisotopic (exact) mass is 1090 g/mol. The summed E-state index contributed by atoms with van der Waals surface area (Å²) in [7, 11) is -4.39. The van der Waals surface area contributed by atoms with Crippen molar-refractivity contribution in [2.24, 2.45) is 5.73 Å². The number of allylic oxidation sites excluding steroid dienone is 10. The largest absolute Gasteiger partial charge is 0.472 e. The van der Waals surface area contributed by atoms with Crippen LogP contribution in [0.15, 0.2) is 60.8 Å². The lowest BCUT2D eigenvalue weighted by molar-refractivity contribution is -0.161. The molecule has 10 heteroatoms. The van der Waals surface area contributed by atoms with Crippen molar-refractivity contribution in [3.8, 4) is 0 Å². The van der Waals surface area contributed by atoms with Gasteiger partial charge in [-0.15, -0.1) is 0 Å². The Bertz CT molecular complexity index is 1430. The van der Waals surface area contributed by atoms with Crippen molar-refractivity contribution >= 4 is 19.8 Å². The smallest absolute Gasteiger partial charge is 0.462 e. The Hall–Kier alpha value is -2.29. The van der Waals surface area contributed by atoms with Crippen LogP contribution in [0.1, 0.15) is 316 Å². The zero-order valence-electron chi connectivity index (χ0n) is 49.7. The van der Waals surface area contributed by atoms with Gasteiger partial charge in [-0.2, -0.15) is 0 Å². The first kappa shape index (κ1) is 73.7. The highest BCUT2D eigenvalue weighted by atomic mass is 31.2. The second-order valence-corrected chi connectivity index (χ2v) is 23.1. The zero-order chi connectivity index (χ0) is 55.2. The highest BCUT2D eigenvalue weighted by molar-refractivity contribution is 7.47. The highest BCUT2D eigenvalue weighted by Crippen LogP contribution is 2.43. The number of phosphoric acid groups is 1. The number of unbranched alkanes of at least 4 members (excludes halogenated alkanes) is 38. The van der Waals surface area contributed by atoms with E-state index in [1.807, 2.05) is 0 Å². The van der Waals surface area contributed by atoms with Gasteiger partial charge in [0.25, 0.3) is 0 Å². The molecule has 0 saturated carbocycles. The lowest BCUT2D eigenvalue weighted by atomic mass is 10.0. The van der Waals surface area contributed by atoms with E-state index in [9.17, 15) is 19.0 Å². The second kappa shape index (κ2) is 61.9. The topological polar surface area (TPSA) is 134 Å². The molecule has 2 unspecified atom stereocenters. The van der Waals surface area contributed by atoms with E-state index in [1.165, 1.54) is 205 Å². The van der Waals surface area contributed by atoms with Crippen LogP contribution in [0, 0.1) is 0 Å². The standard InChI is InChI=1S/C66H122NO8P/c1-3-5-7-9-11-13-15-17-19-21-23-25-27-29-30-31-32-33-35-36-38-40-42-44-46-48-50-52-54-56-58-65(68)72-62-64(63-74-76(70,71)73-61-60-67)75-66(69)59-57-55-53-51-49-47-45-43-41-39-37-34-28-26-24-22-20-18-16-14-12-10-8-6-4-2/h6,8,12,14,18,20,24,26,34,37,64H,3-5,7,9-11,13,15-17,19,21-23,25,27-33,35-36,38-63,67H2,1-2H3,(H,70,71)/b8-6-,14-12-,20-18-,26-24-,37-34-. The fourth-order valence-corrected chi connectivity index (χ4v) is 10.2. The first-order valence-corrected chi connectivity index (χ1v) is 33.8. The minimum absolute atomic E-state index is 0.0517. The lowest BCUT2D eigenvalue weighted by Crippen LogP contribution is -2.29. The molecule has 0 fully saturated rings. The van der Waals surface area contributed by atoms with Crippen molar-refractivity contribution in [3.05, 3.63) is 60.8 Å². The first-order chi connectivity index (χ1) is 37.3. The number of hydrogen-bond acceptors (Lipinski definition) is 8. The molecule has 444 valence electrons. The van der Waals surface area contributed by atoms with Crippen LogP contribution in [-0.4, -0.2) is 49.3 Å². The van der Waals surface area contributed by atoms with Crippen molar-refractivity contribution in [2.75, 3.05) is 26.4 Å². The van der Waals surface area contributed by atoms with Gasteiger partial charge in [0.15, 0.2) is 6.10 Å². The summed E-state index contributed by atoms with van der Waals surface area (Å²) in [5.74, 6) is -0.822. The van der Waals surface area contributed by atoms with Crippen LogP contribution in [0.3, 0.4) is 0 Å². The number of carbonyl (C=O) groups excluding carboxylic acids is 2. The molecule has 0 heterocycles. The predicted molar refractivity (Wildman–Crippen MR) is 326 cm³/mol. The molecule has 3 N–H and O–H groups in total. The Labute approximate surface area is 469 Å². The lowest BCUT2D eigenvalue weighted by Gasteiger charge is -2.19. The molecule has 9 nitrogen and oxygen atoms in total. The summed E-state index contributed by atoms with van der Waals surface area (Å²) in [5.41, 5.74) is 5.39. The van der Waals surface area contributed by atoms with Gasteiger partial charge in [0, 0.05) is 19.4 Å². The molecule has 0 aromatic rings. The van der Waals surface area contributed by atoms with Gasteiger partial charge in [-0.3, -0.25) is 18.6 Å². The van der Waals surface area contributed by atoms with E-state index in [1.54, 1.807) is 0 Å². The third kappa shape index (κ3) is 60.9. The predicted octanol–water partition coefficient (Wildman–Crippen LogP) is 20.7. The maximum atomic E-state index is 12.7. The molecule has 0 radical (unpaired) electrons. The number of hydrogen-bond donors (Lipinski definition) is 2. The Morgan fingerprint density at radius 1 is 0.408 bits per heavy atom. The fraction of sp³-hybridized carbons (Fsp3) is 0.818. The summed E-state index contributed by atoms with van der Waals surface area (Å²) >= 11 is 0. The SMILES string of the molecule is CC/C=C\C/C=C\C/C=C\C/C=C\C/C=C\CCCCCCCCCCCC(=O)OC(COC(=O)CCCCCCCCCCCCCCCCCCCCCCCCCCCCCCCC)COP(=O)(O)OCCN. The molecule has 2 atom stereocenters. The van der Waals surface area contributed by atoms with Gasteiger partial charge in [-0.1, -0.05) is 306 Å². The number of carbonyl (C=O) groups is 2. The van der Waals surface area contributed by atoms with E-state index < -0.39 is 26.5 Å². The van der Waals surface area contributed by atoms with Gasteiger partial charge < -0.3 is 20.1 Å². The maximum absolute atomic E-state index is 12.7. The molecule has 76 heavy (non-hydrogen) atoms. The molecule has 0 aliphatic carbocycles. The summed E-state index contributed by atoms with van der Waals surface area (Å²) in [6.45, 7) is 3.67. The van der Waals surface area contributed by atoms with Crippen molar-refractivity contribution in [1.82, 2.24) is 0 Å². The molecule has 0 spiro atoms. The van der Waals surface area contributed by atoms with Crippen LogP contribution >= 0.6 is 7.82 Å². The Kier molecular flexibility index (Phi) is 60.0. The highest BCUT2D eigenvalue weighted by Gasteiger charge is 2.26. The number of phosphoric ester groups is 1. The minimum atomic E-state index is -4.39. The second-order valence-electron chi connectivity index (χ2n) is 21.6. The fourth-order valence-electron chi connectivity index (χ4n) is 9.43. The van der Waals surface area contributed by atoms with E-state index in [-0.39, 0.29) is 38.6 Å². The van der Waals surface area contributed by atoms with Gasteiger partial charge in [0.2, 0.25) is 0 Å². The van der Waals surface area contributed by atoms with Crippen molar-refractivity contribution in [3.63, 3.8) is 0 Å². The summed E-state index contributed by atoms with van der Waals surface area (Å²) in [6.07, 6.45) is 78.7. The summed E-state index contributed by atoms with van der Waals surface area (Å²) in [6, 6.07) is 0. The molecule has 0 bridgehead atoms. The quantitative estimate of drug-likeness (QED) is 0.0264. The third-order valence-electron chi connectivity index (χ3n) is 14.2. The minimum Gasteiger partial charge on any atom is -0.462 e. The van der Waals surface area contributed by atoms with E-state index >= 15 is 0 Å². The van der Waals surface area contributed by atoms with Crippen LogP contribution in [0.25, 0.3) is 0 Å². The Morgan fingerprint density at radius 3 is 1.08 bits per heavy atom. The zero-order valence-corrected chi connectivity index (χ0v) is 50.6. The summed E-state index contributed by atoms with van der Waals surface area (Å²) in [4.78, 5) is 35.3. The van der Waals surface area contributed by atoms with Crippen LogP contribution < -0.4 is 5.73 Å². The third-order valence-corrected chi connectivity index (χ3v) is 15.2. The Balaban J connectivity index is 3.89. The summed E-state index contributed by atoms with van der Waals surface area (Å²) < 4.78 is 33.1. The summed E-state index contributed by atoms with van der Waals surface area (Å²) in [5, 5.41) is 0. The molecular formula is C66H122NO8P. The van der Waals surface area contributed by atoms with Crippen molar-refractivity contribution in [1.29, 1.82) is 0 Å². The van der Waals surface area contributed by atoms with Crippen molar-refractivity contribution < 1.29 is 37.6 Å². The van der Waals surface area contributed by atoms with Crippen LogP contribution in [0.4, 0.5) is 0 Å². The van der Waals surface area contributed by atoms with Crippen LogP contribution in [-0.2, 0) is 32.7 Å². The van der Waals surface area contributed by atoms with E-state index in [2.05, 4.69) is 74.6 Å². The number of esters is 2. The van der Waals surface area contributed by atoms with Crippen LogP contribution in [0.2, 0.25) is 0 Å². The normalized spacial score (nSPS) is 13.4. The maximum Gasteiger partial charge on any atom is 0.472 e. The molecule has 0 amide bonds. The van der Waals surface area contributed by atoms with E-state index in [0.717, 1.165) is 77.0 Å². The average molecular weight is 1090 g/mol.